The predicted octanol–water partition coefficient (Wildman–Crippen LogP) is 3.66. The van der Waals surface area contributed by atoms with E-state index in [1.807, 2.05) is 13.8 Å². The van der Waals surface area contributed by atoms with Gasteiger partial charge in [-0.1, -0.05) is 13.8 Å². The molecule has 1 fully saturated rings. The van der Waals surface area contributed by atoms with Gasteiger partial charge in [0.2, 0.25) is 0 Å². The summed E-state index contributed by atoms with van der Waals surface area (Å²) in [5.41, 5.74) is 0.231. The number of rotatable bonds is 4. The minimum absolute atomic E-state index is 0.00632. The SMILES string of the molecule is COC1CCCN(C(=O)c2cnn(-c3ccc(C(F)(F)F)cn3)c2C(C)C)C1. The molecule has 3 rings (SSSR count). The Bertz CT molecular complexity index is 831. The molecular weight excluding hydrogens is 373 g/mol. The van der Waals surface area contributed by atoms with Gasteiger partial charge in [0, 0.05) is 26.4 Å². The Morgan fingerprint density at radius 1 is 1.29 bits per heavy atom. The zero-order valence-corrected chi connectivity index (χ0v) is 16.0. The molecule has 3 heterocycles. The zero-order chi connectivity index (χ0) is 20.5. The molecule has 6 nitrogen and oxygen atoms in total. The minimum atomic E-state index is -4.45. The molecule has 2 aromatic rings. The number of nitrogens with zero attached hydrogens (tertiary/aromatic N) is 4. The number of aromatic nitrogens is 3. The number of halogens is 3. The van der Waals surface area contributed by atoms with Gasteiger partial charge in [0.15, 0.2) is 5.82 Å². The van der Waals surface area contributed by atoms with Gasteiger partial charge in [-0.15, -0.1) is 0 Å². The van der Waals surface area contributed by atoms with E-state index in [4.69, 9.17) is 4.74 Å². The van der Waals surface area contributed by atoms with Crippen molar-refractivity contribution in [2.45, 2.75) is 44.9 Å². The lowest BCUT2D eigenvalue weighted by Crippen LogP contribution is -2.43. The predicted molar refractivity (Wildman–Crippen MR) is 96.4 cm³/mol. The maximum atomic E-state index is 13.1. The Hall–Kier alpha value is -2.42. The second-order valence-corrected chi connectivity index (χ2v) is 7.16. The van der Waals surface area contributed by atoms with E-state index >= 15 is 0 Å². The molecular formula is C19H23F3N4O2. The van der Waals surface area contributed by atoms with Crippen LogP contribution in [0.1, 0.15) is 54.2 Å². The van der Waals surface area contributed by atoms with Gasteiger partial charge in [-0.2, -0.15) is 18.3 Å². The zero-order valence-electron chi connectivity index (χ0n) is 16.0. The first-order valence-electron chi connectivity index (χ1n) is 9.16. The van der Waals surface area contributed by atoms with Crippen molar-refractivity contribution in [2.24, 2.45) is 0 Å². The number of amides is 1. The standard InChI is InChI=1S/C19H23F3N4O2/c1-12(2)17-15(18(27)25-8-4-5-14(11-25)28-3)10-24-26(17)16-7-6-13(9-23-16)19(20,21)22/h6-7,9-10,12,14H,4-5,8,11H2,1-3H3. The maximum Gasteiger partial charge on any atom is 0.417 e. The largest absolute Gasteiger partial charge is 0.417 e. The summed E-state index contributed by atoms with van der Waals surface area (Å²) >= 11 is 0. The van der Waals surface area contributed by atoms with Crippen molar-refractivity contribution < 1.29 is 22.7 Å². The highest BCUT2D eigenvalue weighted by Gasteiger charge is 2.32. The summed E-state index contributed by atoms with van der Waals surface area (Å²) in [5.74, 6) is 0.0151. The fraction of sp³-hybridized carbons (Fsp3) is 0.526. The van der Waals surface area contributed by atoms with Gasteiger partial charge < -0.3 is 9.64 Å². The second kappa shape index (κ2) is 7.90. The fourth-order valence-corrected chi connectivity index (χ4v) is 3.43. The van der Waals surface area contributed by atoms with Crippen LogP contribution in [-0.2, 0) is 10.9 Å². The van der Waals surface area contributed by atoms with Crippen molar-refractivity contribution in [2.75, 3.05) is 20.2 Å². The molecule has 1 aliphatic heterocycles. The molecule has 0 radical (unpaired) electrons. The summed E-state index contributed by atoms with van der Waals surface area (Å²) in [6, 6.07) is 2.22. The first-order valence-corrected chi connectivity index (χ1v) is 9.16. The number of piperidine rings is 1. The summed E-state index contributed by atoms with van der Waals surface area (Å²) in [5, 5.41) is 4.25. The van der Waals surface area contributed by atoms with Gasteiger partial charge in [-0.3, -0.25) is 4.79 Å². The van der Waals surface area contributed by atoms with Gasteiger partial charge in [0.05, 0.1) is 29.1 Å². The number of methoxy groups -OCH3 is 1. The van der Waals surface area contributed by atoms with Gasteiger partial charge in [-0.05, 0) is 30.9 Å². The highest BCUT2D eigenvalue weighted by atomic mass is 19.4. The van der Waals surface area contributed by atoms with E-state index in [9.17, 15) is 18.0 Å². The normalized spacial score (nSPS) is 18.0. The third-order valence-electron chi connectivity index (χ3n) is 4.87. The van der Waals surface area contributed by atoms with E-state index in [2.05, 4.69) is 10.1 Å². The number of pyridine rings is 1. The lowest BCUT2D eigenvalue weighted by atomic mass is 10.0. The summed E-state index contributed by atoms with van der Waals surface area (Å²) < 4.78 is 45.2. The van der Waals surface area contributed by atoms with Crippen molar-refractivity contribution in [3.63, 3.8) is 0 Å². The molecule has 0 aromatic carbocycles. The molecule has 1 saturated heterocycles. The van der Waals surface area contributed by atoms with E-state index in [1.54, 1.807) is 12.0 Å². The smallest absolute Gasteiger partial charge is 0.380 e. The molecule has 28 heavy (non-hydrogen) atoms. The molecule has 1 unspecified atom stereocenters. The molecule has 0 saturated carbocycles. The second-order valence-electron chi connectivity index (χ2n) is 7.16. The quantitative estimate of drug-likeness (QED) is 0.791. The fourth-order valence-electron chi connectivity index (χ4n) is 3.43. The number of carbonyl (C=O) groups is 1. The molecule has 1 atom stereocenters. The monoisotopic (exact) mass is 396 g/mol. The molecule has 2 aromatic heterocycles. The van der Waals surface area contributed by atoms with E-state index < -0.39 is 11.7 Å². The number of hydrogen-bond donors (Lipinski definition) is 0. The van der Waals surface area contributed by atoms with Gasteiger partial charge in [-0.25, -0.2) is 9.67 Å². The summed E-state index contributed by atoms with van der Waals surface area (Å²) in [6.07, 6.45) is -0.443. The van der Waals surface area contributed by atoms with Crippen LogP contribution >= 0.6 is 0 Å². The highest BCUT2D eigenvalue weighted by Crippen LogP contribution is 2.30. The van der Waals surface area contributed by atoms with Gasteiger partial charge in [0.1, 0.15) is 0 Å². The molecule has 0 bridgehead atoms. The molecule has 0 aliphatic carbocycles. The maximum absolute atomic E-state index is 13.1. The molecule has 0 spiro atoms. The Kier molecular flexibility index (Phi) is 5.74. The van der Waals surface area contributed by atoms with E-state index in [0.29, 0.717) is 24.3 Å². The number of likely N-dealkylation sites (tertiary alicyclic amines) is 1. The number of ether oxygens (including phenoxy) is 1. The lowest BCUT2D eigenvalue weighted by Gasteiger charge is -2.32. The van der Waals surface area contributed by atoms with E-state index in [1.165, 1.54) is 16.9 Å². The molecule has 0 N–H and O–H groups in total. The topological polar surface area (TPSA) is 60.2 Å². The summed E-state index contributed by atoms with van der Waals surface area (Å²) in [6.45, 7) is 4.96. The van der Waals surface area contributed by atoms with Crippen LogP contribution in [0.15, 0.2) is 24.5 Å². The van der Waals surface area contributed by atoms with Crippen LogP contribution in [0.5, 0.6) is 0 Å². The lowest BCUT2D eigenvalue weighted by molar-refractivity contribution is -0.137. The van der Waals surface area contributed by atoms with Crippen LogP contribution in [0.2, 0.25) is 0 Å². The van der Waals surface area contributed by atoms with Crippen LogP contribution in [0, 0.1) is 0 Å². The third kappa shape index (κ3) is 4.04. The van der Waals surface area contributed by atoms with Crippen molar-refractivity contribution >= 4 is 5.91 Å². The Morgan fingerprint density at radius 2 is 2.04 bits per heavy atom. The Balaban J connectivity index is 1.93. The molecule has 152 valence electrons. The van der Waals surface area contributed by atoms with Crippen LogP contribution < -0.4 is 0 Å². The van der Waals surface area contributed by atoms with Gasteiger partial charge in [0.25, 0.3) is 5.91 Å². The third-order valence-corrected chi connectivity index (χ3v) is 4.87. The molecule has 9 heteroatoms. The highest BCUT2D eigenvalue weighted by molar-refractivity contribution is 5.95. The molecule has 1 amide bonds. The van der Waals surface area contributed by atoms with Crippen LogP contribution in [0.4, 0.5) is 13.2 Å². The number of hydrogen-bond acceptors (Lipinski definition) is 4. The average molecular weight is 396 g/mol. The van der Waals surface area contributed by atoms with Crippen molar-refractivity contribution in [1.29, 1.82) is 0 Å². The van der Waals surface area contributed by atoms with Crippen molar-refractivity contribution in [3.05, 3.63) is 41.3 Å². The van der Waals surface area contributed by atoms with Crippen LogP contribution in [0.25, 0.3) is 5.82 Å². The number of alkyl halides is 3. The van der Waals surface area contributed by atoms with Crippen LogP contribution in [-0.4, -0.2) is 51.9 Å². The van der Waals surface area contributed by atoms with E-state index in [-0.39, 0.29) is 23.7 Å². The van der Waals surface area contributed by atoms with Gasteiger partial charge >= 0.3 is 6.18 Å². The van der Waals surface area contributed by atoms with Crippen molar-refractivity contribution in [1.82, 2.24) is 19.7 Å². The Labute approximate surface area is 161 Å². The van der Waals surface area contributed by atoms with Crippen molar-refractivity contribution in [3.8, 4) is 5.82 Å². The first-order chi connectivity index (χ1) is 13.2. The van der Waals surface area contributed by atoms with Crippen LogP contribution in [0.3, 0.4) is 0 Å². The molecule has 1 aliphatic rings. The first kappa shape index (κ1) is 20.3. The number of carbonyl (C=O) groups excluding carboxylic acids is 1. The Morgan fingerprint density at radius 3 is 2.61 bits per heavy atom. The van der Waals surface area contributed by atoms with E-state index in [0.717, 1.165) is 25.1 Å². The summed E-state index contributed by atoms with van der Waals surface area (Å²) in [7, 11) is 1.63. The average Bonchev–Trinajstić information content (AvgIpc) is 3.12. The summed E-state index contributed by atoms with van der Waals surface area (Å²) in [4.78, 5) is 18.7. The minimum Gasteiger partial charge on any atom is -0.380 e.